The molecule has 49 heavy (non-hydrogen) atoms. The van der Waals surface area contributed by atoms with Crippen LogP contribution in [-0.2, 0) is 31.6 Å². The third kappa shape index (κ3) is 8.44. The van der Waals surface area contributed by atoms with Gasteiger partial charge in [0.25, 0.3) is 11.5 Å². The Bertz CT molecular complexity index is 1680. The highest BCUT2D eigenvalue weighted by Gasteiger charge is 2.48. The second-order valence-corrected chi connectivity index (χ2v) is 13.1. The van der Waals surface area contributed by atoms with Gasteiger partial charge in [-0.05, 0) is 81.2 Å². The number of likely N-dealkylation sites (tertiary alicyclic amines) is 1. The summed E-state index contributed by atoms with van der Waals surface area (Å²) < 4.78 is 6.60. The number of nitrogens with zero attached hydrogens (tertiary/aromatic N) is 2. The van der Waals surface area contributed by atoms with Gasteiger partial charge in [-0.2, -0.15) is 13.5 Å². The van der Waals surface area contributed by atoms with Crippen LogP contribution in [0.15, 0.2) is 77.7 Å². The Morgan fingerprint density at radius 1 is 0.918 bits per heavy atom. The molecule has 2 atom stereocenters. The standard InChI is InChI=1S/C38H46N4O6.H2S/c1-26(2)48-33(43)17-9-10-22-39-37(47)38(27-12-5-4-6-13-27)21-18-30(29-14-7-8-16-32(29)38)36(46)42-24-19-28(20-25-42)40-34(44)31-15-11-23-41(3)35(31)45;/h4-8,11-16,23,26,28,30H,9-10,17-22,24-25H2,1-3H3,(H,39,47)(H,40,44);1H2/t30-,38+;/m0./s1. The molecule has 1 aliphatic carbocycles. The molecule has 2 aromatic carbocycles. The van der Waals surface area contributed by atoms with Crippen LogP contribution in [-0.4, -0.2) is 64.9 Å². The lowest BCUT2D eigenvalue weighted by atomic mass is 9.62. The topological polar surface area (TPSA) is 127 Å². The molecule has 0 spiro atoms. The number of nitrogens with one attached hydrogen (secondary N) is 2. The van der Waals surface area contributed by atoms with Crippen molar-refractivity contribution in [2.75, 3.05) is 19.6 Å². The minimum atomic E-state index is -0.961. The van der Waals surface area contributed by atoms with Crippen LogP contribution in [0, 0.1) is 0 Å². The summed E-state index contributed by atoms with van der Waals surface area (Å²) >= 11 is 0. The zero-order chi connectivity index (χ0) is 34.3. The summed E-state index contributed by atoms with van der Waals surface area (Å²) in [6.07, 6.45) is 5.18. The third-order valence-electron chi connectivity index (χ3n) is 9.53. The number of amides is 3. The normalized spacial score (nSPS) is 18.9. The van der Waals surface area contributed by atoms with E-state index in [1.807, 2.05) is 73.3 Å². The van der Waals surface area contributed by atoms with Crippen LogP contribution in [0.3, 0.4) is 0 Å². The highest BCUT2D eigenvalue weighted by molar-refractivity contribution is 7.59. The van der Waals surface area contributed by atoms with E-state index in [0.717, 1.165) is 16.7 Å². The first-order valence-corrected chi connectivity index (χ1v) is 17.0. The Balaban J connectivity index is 0.00000541. The van der Waals surface area contributed by atoms with Crippen molar-refractivity contribution in [3.8, 4) is 0 Å². The first-order chi connectivity index (χ1) is 23.1. The summed E-state index contributed by atoms with van der Waals surface area (Å²) in [5.41, 5.74) is 1.38. The second-order valence-electron chi connectivity index (χ2n) is 13.1. The number of hydrogen-bond acceptors (Lipinski definition) is 6. The largest absolute Gasteiger partial charge is 0.463 e. The van der Waals surface area contributed by atoms with Crippen LogP contribution < -0.4 is 16.2 Å². The highest BCUT2D eigenvalue weighted by Crippen LogP contribution is 2.48. The van der Waals surface area contributed by atoms with Crippen molar-refractivity contribution >= 4 is 37.2 Å². The summed E-state index contributed by atoms with van der Waals surface area (Å²) in [5.74, 6) is -1.11. The maximum atomic E-state index is 14.2. The van der Waals surface area contributed by atoms with Gasteiger partial charge >= 0.3 is 5.97 Å². The molecule has 5 rings (SSSR count). The van der Waals surface area contributed by atoms with Crippen molar-refractivity contribution in [3.63, 3.8) is 0 Å². The van der Waals surface area contributed by atoms with Crippen LogP contribution in [0.1, 0.15) is 91.8 Å². The van der Waals surface area contributed by atoms with Crippen LogP contribution in [0.4, 0.5) is 0 Å². The molecule has 1 aromatic heterocycles. The molecule has 0 bridgehead atoms. The lowest BCUT2D eigenvalue weighted by Crippen LogP contribution is -2.51. The molecule has 1 aliphatic heterocycles. The minimum absolute atomic E-state index is 0. The Morgan fingerprint density at radius 3 is 2.33 bits per heavy atom. The number of aryl methyl sites for hydroxylation is 1. The Labute approximate surface area is 295 Å². The molecular formula is C38H48N4O6S. The fourth-order valence-electron chi connectivity index (χ4n) is 7.05. The monoisotopic (exact) mass is 688 g/mol. The van der Waals surface area contributed by atoms with Gasteiger partial charge in [-0.3, -0.25) is 24.0 Å². The van der Waals surface area contributed by atoms with Crippen molar-refractivity contribution in [2.24, 2.45) is 7.05 Å². The smallest absolute Gasteiger partial charge is 0.306 e. The van der Waals surface area contributed by atoms with E-state index in [9.17, 15) is 24.0 Å². The highest BCUT2D eigenvalue weighted by atomic mass is 32.1. The number of carbonyl (C=O) groups is 4. The third-order valence-corrected chi connectivity index (χ3v) is 9.53. The zero-order valence-corrected chi connectivity index (χ0v) is 29.6. The summed E-state index contributed by atoms with van der Waals surface area (Å²) in [6, 6.07) is 20.6. The lowest BCUT2D eigenvalue weighted by molar-refractivity contribution is -0.147. The molecule has 2 aliphatic rings. The fraction of sp³-hybridized carbons (Fsp3) is 0.447. The van der Waals surface area contributed by atoms with Gasteiger partial charge in [-0.25, -0.2) is 0 Å². The summed E-state index contributed by atoms with van der Waals surface area (Å²) in [5, 5.41) is 6.13. The van der Waals surface area contributed by atoms with Gasteiger partial charge in [0, 0.05) is 45.3 Å². The Morgan fingerprint density at radius 2 is 1.61 bits per heavy atom. The first-order valence-electron chi connectivity index (χ1n) is 17.0. The molecule has 262 valence electrons. The van der Waals surface area contributed by atoms with E-state index in [4.69, 9.17) is 4.74 Å². The molecule has 3 aromatic rings. The van der Waals surface area contributed by atoms with Gasteiger partial charge in [0.2, 0.25) is 11.8 Å². The van der Waals surface area contributed by atoms with Crippen molar-refractivity contribution < 1.29 is 23.9 Å². The van der Waals surface area contributed by atoms with Gasteiger partial charge in [0.1, 0.15) is 5.56 Å². The Hall–Kier alpha value is -4.38. The number of rotatable bonds is 11. The molecule has 0 radical (unpaired) electrons. The van der Waals surface area contributed by atoms with Crippen molar-refractivity contribution in [1.82, 2.24) is 20.1 Å². The van der Waals surface area contributed by atoms with E-state index >= 15 is 0 Å². The molecule has 2 heterocycles. The van der Waals surface area contributed by atoms with Crippen LogP contribution >= 0.6 is 13.5 Å². The molecule has 0 unspecified atom stereocenters. The quantitative estimate of drug-likeness (QED) is 0.228. The molecule has 11 heteroatoms. The van der Waals surface area contributed by atoms with Crippen molar-refractivity contribution in [2.45, 2.75) is 82.3 Å². The number of hydrogen-bond donors (Lipinski definition) is 2. The molecule has 10 nitrogen and oxygen atoms in total. The van der Waals surface area contributed by atoms with Crippen molar-refractivity contribution in [1.29, 1.82) is 0 Å². The van der Waals surface area contributed by atoms with E-state index in [2.05, 4.69) is 10.6 Å². The predicted molar refractivity (Wildman–Crippen MR) is 193 cm³/mol. The molecule has 1 saturated heterocycles. The zero-order valence-electron chi connectivity index (χ0n) is 28.6. The molecule has 3 amide bonds. The molecule has 0 saturated carbocycles. The number of piperidine rings is 1. The maximum absolute atomic E-state index is 14.2. The van der Waals surface area contributed by atoms with E-state index in [-0.39, 0.29) is 54.5 Å². The van der Waals surface area contributed by atoms with Crippen LogP contribution in [0.25, 0.3) is 0 Å². The number of unbranched alkanes of at least 4 members (excludes halogenated alkanes) is 1. The second kappa shape index (κ2) is 16.8. The van der Waals surface area contributed by atoms with Crippen LogP contribution in [0.5, 0.6) is 0 Å². The number of pyridine rings is 1. The number of benzene rings is 2. The predicted octanol–water partition coefficient (Wildman–Crippen LogP) is 4.32. The van der Waals surface area contributed by atoms with Gasteiger partial charge in [0.05, 0.1) is 17.4 Å². The van der Waals surface area contributed by atoms with Gasteiger partial charge in [-0.15, -0.1) is 0 Å². The average Bonchev–Trinajstić information content (AvgIpc) is 3.08. The summed E-state index contributed by atoms with van der Waals surface area (Å²) in [4.78, 5) is 67.3. The average molecular weight is 689 g/mol. The minimum Gasteiger partial charge on any atom is -0.463 e. The van der Waals surface area contributed by atoms with Crippen LogP contribution in [0.2, 0.25) is 0 Å². The number of fused-ring (bicyclic) bond motifs is 1. The number of carbonyl (C=O) groups excluding carboxylic acids is 4. The van der Waals surface area contributed by atoms with Gasteiger partial charge in [-0.1, -0.05) is 54.6 Å². The first kappa shape index (κ1) is 37.4. The molecular weight excluding hydrogens is 641 g/mol. The fourth-order valence-corrected chi connectivity index (χ4v) is 7.05. The van der Waals surface area contributed by atoms with Crippen molar-refractivity contribution in [3.05, 3.63) is 106 Å². The SMILES string of the molecule is CC(C)OC(=O)CCCCNC(=O)[C@@]1(c2ccccc2)CC[C@H](C(=O)N2CCC(NC(=O)c3cccn(C)c3=O)CC2)c2ccccc21.S. The number of esters is 1. The van der Waals surface area contributed by atoms with Gasteiger partial charge in [0.15, 0.2) is 0 Å². The summed E-state index contributed by atoms with van der Waals surface area (Å²) in [6.45, 7) is 5.06. The van der Waals surface area contributed by atoms with E-state index in [1.54, 1.807) is 19.3 Å². The van der Waals surface area contributed by atoms with E-state index in [0.29, 0.717) is 64.6 Å². The summed E-state index contributed by atoms with van der Waals surface area (Å²) in [7, 11) is 1.61. The molecule has 1 fully saturated rings. The number of ether oxygens (including phenoxy) is 1. The van der Waals surface area contributed by atoms with E-state index in [1.165, 1.54) is 10.6 Å². The van der Waals surface area contributed by atoms with Gasteiger partial charge < -0.3 is 24.8 Å². The molecule has 2 N–H and O–H groups in total. The Kier molecular flexibility index (Phi) is 12.9. The maximum Gasteiger partial charge on any atom is 0.306 e. The number of aromatic nitrogens is 1. The lowest BCUT2D eigenvalue weighted by Gasteiger charge is -2.42. The van der Waals surface area contributed by atoms with E-state index < -0.39 is 17.2 Å².